The Bertz CT molecular complexity index is 361. The number of hydrogen-bond acceptors (Lipinski definition) is 3. The fraction of sp³-hybridized carbons (Fsp3) is 0.538. The van der Waals surface area contributed by atoms with Crippen molar-refractivity contribution in [2.24, 2.45) is 0 Å². The van der Waals surface area contributed by atoms with Crippen molar-refractivity contribution in [2.45, 2.75) is 32.7 Å². The number of para-hydroxylation sites is 1. The number of nitrogens with two attached hydrogens (primary N) is 1. The molecule has 0 unspecified atom stereocenters. The molecular formula is C13H20N2O. The van der Waals surface area contributed by atoms with Crippen LogP contribution in [0.1, 0.15) is 26.7 Å². The van der Waals surface area contributed by atoms with E-state index in [-0.39, 0.29) is 0 Å². The fourth-order valence-corrected chi connectivity index (χ4v) is 2.08. The number of benzene rings is 1. The van der Waals surface area contributed by atoms with Gasteiger partial charge in [-0.15, -0.1) is 0 Å². The minimum Gasteiger partial charge on any atom is -0.492 e. The first-order valence-corrected chi connectivity index (χ1v) is 6.05. The van der Waals surface area contributed by atoms with E-state index in [4.69, 9.17) is 10.5 Å². The Balaban J connectivity index is 2.28. The number of ether oxygens (including phenoxy) is 1. The van der Waals surface area contributed by atoms with Crippen molar-refractivity contribution >= 4 is 11.4 Å². The Morgan fingerprint density at radius 1 is 1.38 bits per heavy atom. The molecule has 0 atom stereocenters. The van der Waals surface area contributed by atoms with Gasteiger partial charge in [0.05, 0.1) is 18.0 Å². The Morgan fingerprint density at radius 2 is 2.12 bits per heavy atom. The molecule has 0 radical (unpaired) electrons. The van der Waals surface area contributed by atoms with Crippen LogP contribution < -0.4 is 15.4 Å². The summed E-state index contributed by atoms with van der Waals surface area (Å²) in [7, 11) is 0. The Morgan fingerprint density at radius 3 is 2.69 bits per heavy atom. The van der Waals surface area contributed by atoms with Gasteiger partial charge < -0.3 is 15.4 Å². The summed E-state index contributed by atoms with van der Waals surface area (Å²) in [5.41, 5.74) is 8.04. The molecule has 0 amide bonds. The molecular weight excluding hydrogens is 200 g/mol. The maximum absolute atomic E-state index is 6.14. The van der Waals surface area contributed by atoms with Gasteiger partial charge in [-0.05, 0) is 38.8 Å². The highest BCUT2D eigenvalue weighted by Gasteiger charge is 2.29. The zero-order valence-corrected chi connectivity index (χ0v) is 10.1. The van der Waals surface area contributed by atoms with Gasteiger partial charge in [-0.3, -0.25) is 0 Å². The van der Waals surface area contributed by atoms with E-state index in [2.05, 4.69) is 17.9 Å². The molecule has 0 bridgehead atoms. The number of rotatable bonds is 5. The molecule has 0 saturated heterocycles. The van der Waals surface area contributed by atoms with Crippen molar-refractivity contribution in [2.75, 3.05) is 23.8 Å². The van der Waals surface area contributed by atoms with Crippen LogP contribution in [-0.4, -0.2) is 19.2 Å². The first-order chi connectivity index (χ1) is 7.77. The lowest BCUT2D eigenvalue weighted by molar-refractivity contribution is 0.342. The molecule has 2 N–H and O–H groups in total. The van der Waals surface area contributed by atoms with E-state index >= 15 is 0 Å². The quantitative estimate of drug-likeness (QED) is 0.775. The molecule has 1 aromatic carbocycles. The summed E-state index contributed by atoms with van der Waals surface area (Å²) in [5, 5.41) is 0. The minimum atomic E-state index is 0.656. The molecule has 88 valence electrons. The van der Waals surface area contributed by atoms with E-state index in [9.17, 15) is 0 Å². The van der Waals surface area contributed by atoms with Crippen molar-refractivity contribution in [3.8, 4) is 5.75 Å². The Kier molecular flexibility index (Phi) is 3.22. The number of hydrogen-bond donors (Lipinski definition) is 1. The highest BCUT2D eigenvalue weighted by molar-refractivity contribution is 5.74. The first-order valence-electron chi connectivity index (χ1n) is 6.05. The van der Waals surface area contributed by atoms with Gasteiger partial charge in [0.2, 0.25) is 0 Å². The average Bonchev–Trinajstić information content (AvgIpc) is 3.09. The van der Waals surface area contributed by atoms with Gasteiger partial charge >= 0.3 is 0 Å². The Labute approximate surface area is 97.2 Å². The smallest absolute Gasteiger partial charge is 0.144 e. The fourth-order valence-electron chi connectivity index (χ4n) is 2.08. The second kappa shape index (κ2) is 4.64. The van der Waals surface area contributed by atoms with Crippen LogP contribution in [0.25, 0.3) is 0 Å². The molecule has 16 heavy (non-hydrogen) atoms. The van der Waals surface area contributed by atoms with Gasteiger partial charge in [-0.2, -0.15) is 0 Å². The second-order valence-corrected chi connectivity index (χ2v) is 4.14. The number of nitrogens with zero attached hydrogens (tertiary/aromatic N) is 1. The third-order valence-electron chi connectivity index (χ3n) is 2.98. The summed E-state index contributed by atoms with van der Waals surface area (Å²) < 4.78 is 5.52. The van der Waals surface area contributed by atoms with Crippen molar-refractivity contribution in [1.29, 1.82) is 0 Å². The molecule has 1 fully saturated rings. The summed E-state index contributed by atoms with van der Waals surface area (Å²) in [6, 6.07) is 6.72. The standard InChI is InChI=1S/C13H20N2O/c1-3-15(10-8-9-10)11-6-5-7-12(13(11)14)16-4-2/h5-7,10H,3-4,8-9,14H2,1-2H3. The van der Waals surface area contributed by atoms with E-state index in [0.717, 1.165) is 23.7 Å². The summed E-state index contributed by atoms with van der Waals surface area (Å²) in [6.07, 6.45) is 2.57. The molecule has 1 aliphatic rings. The third-order valence-corrected chi connectivity index (χ3v) is 2.98. The predicted molar refractivity (Wildman–Crippen MR) is 68.1 cm³/mol. The third kappa shape index (κ3) is 2.08. The lowest BCUT2D eigenvalue weighted by Gasteiger charge is -2.25. The summed E-state index contributed by atoms with van der Waals surface area (Å²) in [4.78, 5) is 2.37. The maximum Gasteiger partial charge on any atom is 0.144 e. The van der Waals surface area contributed by atoms with Crippen LogP contribution in [0.5, 0.6) is 5.75 Å². The predicted octanol–water partition coefficient (Wildman–Crippen LogP) is 2.66. The van der Waals surface area contributed by atoms with Crippen LogP contribution in [0.3, 0.4) is 0 Å². The summed E-state index contributed by atoms with van der Waals surface area (Å²) >= 11 is 0. The first kappa shape index (κ1) is 11.1. The van der Waals surface area contributed by atoms with E-state index in [1.165, 1.54) is 12.8 Å². The van der Waals surface area contributed by atoms with Gasteiger partial charge in [0, 0.05) is 12.6 Å². The summed E-state index contributed by atoms with van der Waals surface area (Å²) in [6.45, 7) is 5.81. The highest BCUT2D eigenvalue weighted by atomic mass is 16.5. The lowest BCUT2D eigenvalue weighted by atomic mass is 10.2. The van der Waals surface area contributed by atoms with Crippen molar-refractivity contribution in [3.63, 3.8) is 0 Å². The van der Waals surface area contributed by atoms with Crippen LogP contribution in [0, 0.1) is 0 Å². The van der Waals surface area contributed by atoms with Crippen LogP contribution >= 0.6 is 0 Å². The zero-order valence-electron chi connectivity index (χ0n) is 10.1. The van der Waals surface area contributed by atoms with Crippen molar-refractivity contribution in [3.05, 3.63) is 18.2 Å². The SMILES string of the molecule is CCOc1cccc(N(CC)C2CC2)c1N. The zero-order chi connectivity index (χ0) is 11.5. The lowest BCUT2D eigenvalue weighted by Crippen LogP contribution is -2.26. The largest absolute Gasteiger partial charge is 0.492 e. The number of anilines is 2. The van der Waals surface area contributed by atoms with Crippen LogP contribution in [0.15, 0.2) is 18.2 Å². The van der Waals surface area contributed by atoms with E-state index < -0.39 is 0 Å². The van der Waals surface area contributed by atoms with Gasteiger partial charge in [-0.1, -0.05) is 6.07 Å². The van der Waals surface area contributed by atoms with Gasteiger partial charge in [-0.25, -0.2) is 0 Å². The topological polar surface area (TPSA) is 38.5 Å². The minimum absolute atomic E-state index is 0.656. The monoisotopic (exact) mass is 220 g/mol. The molecule has 1 aliphatic carbocycles. The summed E-state index contributed by atoms with van der Waals surface area (Å²) in [5.74, 6) is 0.805. The van der Waals surface area contributed by atoms with Crippen molar-refractivity contribution in [1.82, 2.24) is 0 Å². The molecule has 1 aromatic rings. The van der Waals surface area contributed by atoms with Gasteiger partial charge in [0.25, 0.3) is 0 Å². The van der Waals surface area contributed by atoms with E-state index in [0.29, 0.717) is 12.6 Å². The molecule has 3 nitrogen and oxygen atoms in total. The maximum atomic E-state index is 6.14. The molecule has 0 aromatic heterocycles. The van der Waals surface area contributed by atoms with Gasteiger partial charge in [0.15, 0.2) is 0 Å². The van der Waals surface area contributed by atoms with Crippen LogP contribution in [0.4, 0.5) is 11.4 Å². The molecule has 3 heteroatoms. The van der Waals surface area contributed by atoms with Crippen LogP contribution in [0.2, 0.25) is 0 Å². The average molecular weight is 220 g/mol. The highest BCUT2D eigenvalue weighted by Crippen LogP contribution is 2.38. The molecule has 0 spiro atoms. The normalized spacial score (nSPS) is 14.9. The molecule has 0 heterocycles. The second-order valence-electron chi connectivity index (χ2n) is 4.14. The van der Waals surface area contributed by atoms with Crippen molar-refractivity contribution < 1.29 is 4.74 Å². The van der Waals surface area contributed by atoms with E-state index in [1.807, 2.05) is 19.1 Å². The number of nitrogen functional groups attached to an aromatic ring is 1. The molecule has 0 aliphatic heterocycles. The van der Waals surface area contributed by atoms with Crippen LogP contribution in [-0.2, 0) is 0 Å². The Hall–Kier alpha value is -1.38. The van der Waals surface area contributed by atoms with E-state index in [1.54, 1.807) is 0 Å². The van der Waals surface area contributed by atoms with Gasteiger partial charge in [0.1, 0.15) is 5.75 Å². The molecule has 2 rings (SSSR count). The molecule has 1 saturated carbocycles.